The van der Waals surface area contributed by atoms with Crippen molar-refractivity contribution in [2.24, 2.45) is 0 Å². The fourth-order valence-electron chi connectivity index (χ4n) is 1.59. The van der Waals surface area contributed by atoms with Crippen molar-refractivity contribution in [3.63, 3.8) is 0 Å². The standard InChI is InChI=1S/C12H8Cl2N2O4S/c13-9-6-5-8(7-11(9)16(17)18)15-21(19,20)12-4-2-1-3-10(12)14/h1-7,15H. The maximum atomic E-state index is 12.2. The first kappa shape index (κ1) is 15.6. The van der Waals surface area contributed by atoms with Crippen LogP contribution in [0, 0.1) is 10.1 Å². The smallest absolute Gasteiger partial charge is 0.279 e. The van der Waals surface area contributed by atoms with Gasteiger partial charge in [0.15, 0.2) is 0 Å². The third-order valence-electron chi connectivity index (χ3n) is 2.52. The molecule has 0 radical (unpaired) electrons. The predicted octanol–water partition coefficient (Wildman–Crippen LogP) is 3.70. The molecule has 0 aliphatic rings. The van der Waals surface area contributed by atoms with Gasteiger partial charge in [-0.05, 0) is 24.3 Å². The minimum atomic E-state index is -3.95. The Morgan fingerprint density at radius 3 is 2.33 bits per heavy atom. The lowest BCUT2D eigenvalue weighted by molar-refractivity contribution is -0.384. The Labute approximate surface area is 130 Å². The molecule has 9 heteroatoms. The van der Waals surface area contributed by atoms with E-state index >= 15 is 0 Å². The SMILES string of the molecule is O=[N+]([O-])c1cc(NS(=O)(=O)c2ccccc2Cl)ccc1Cl. The van der Waals surface area contributed by atoms with Gasteiger partial charge >= 0.3 is 0 Å². The first-order valence-electron chi connectivity index (χ1n) is 5.52. The summed E-state index contributed by atoms with van der Waals surface area (Å²) in [5.41, 5.74) is -0.373. The Morgan fingerprint density at radius 2 is 1.71 bits per heavy atom. The van der Waals surface area contributed by atoms with Crippen molar-refractivity contribution < 1.29 is 13.3 Å². The van der Waals surface area contributed by atoms with Gasteiger partial charge in [0.05, 0.1) is 15.6 Å². The maximum Gasteiger partial charge on any atom is 0.289 e. The Kier molecular flexibility index (Phi) is 4.36. The van der Waals surface area contributed by atoms with Crippen molar-refractivity contribution in [1.82, 2.24) is 0 Å². The number of hydrogen-bond donors (Lipinski definition) is 1. The molecular weight excluding hydrogens is 339 g/mol. The average molecular weight is 347 g/mol. The van der Waals surface area contributed by atoms with Gasteiger partial charge in [-0.1, -0.05) is 35.3 Å². The highest BCUT2D eigenvalue weighted by Gasteiger charge is 2.20. The molecule has 2 aromatic carbocycles. The lowest BCUT2D eigenvalue weighted by Crippen LogP contribution is -2.13. The van der Waals surface area contributed by atoms with Crippen LogP contribution in [0.15, 0.2) is 47.4 Å². The van der Waals surface area contributed by atoms with Crippen LogP contribution < -0.4 is 4.72 Å². The fourth-order valence-corrected chi connectivity index (χ4v) is 3.35. The second-order valence-electron chi connectivity index (χ2n) is 3.96. The van der Waals surface area contributed by atoms with Crippen LogP contribution in [-0.4, -0.2) is 13.3 Å². The van der Waals surface area contributed by atoms with Gasteiger partial charge in [0, 0.05) is 6.07 Å². The molecule has 0 aliphatic carbocycles. The highest BCUT2D eigenvalue weighted by Crippen LogP contribution is 2.29. The summed E-state index contributed by atoms with van der Waals surface area (Å²) in [5.74, 6) is 0. The molecule has 0 saturated heterocycles. The predicted molar refractivity (Wildman–Crippen MR) is 80.4 cm³/mol. The number of nitrogens with one attached hydrogen (secondary N) is 1. The van der Waals surface area contributed by atoms with E-state index in [0.717, 1.165) is 6.07 Å². The number of nitro benzene ring substituents is 1. The van der Waals surface area contributed by atoms with Gasteiger partial charge in [0.25, 0.3) is 15.7 Å². The minimum absolute atomic E-state index is 0.0195. The first-order valence-corrected chi connectivity index (χ1v) is 7.76. The van der Waals surface area contributed by atoms with Crippen LogP contribution in [0.4, 0.5) is 11.4 Å². The zero-order valence-electron chi connectivity index (χ0n) is 10.3. The van der Waals surface area contributed by atoms with E-state index < -0.39 is 20.6 Å². The van der Waals surface area contributed by atoms with Gasteiger partial charge in [-0.15, -0.1) is 0 Å². The molecule has 0 amide bonds. The summed E-state index contributed by atoms with van der Waals surface area (Å²) in [4.78, 5) is 9.97. The van der Waals surface area contributed by atoms with Gasteiger partial charge in [-0.2, -0.15) is 0 Å². The van der Waals surface area contributed by atoms with E-state index in [4.69, 9.17) is 23.2 Å². The summed E-state index contributed by atoms with van der Waals surface area (Å²) in [6, 6.07) is 9.47. The number of nitro groups is 1. The van der Waals surface area contributed by atoms with Crippen molar-refractivity contribution in [2.75, 3.05) is 4.72 Å². The number of sulfonamides is 1. The largest absolute Gasteiger partial charge is 0.289 e. The van der Waals surface area contributed by atoms with Gasteiger partial charge < -0.3 is 0 Å². The second-order valence-corrected chi connectivity index (χ2v) is 6.42. The second kappa shape index (κ2) is 5.88. The van der Waals surface area contributed by atoms with Crippen LogP contribution in [0.5, 0.6) is 0 Å². The molecule has 0 bridgehead atoms. The Bertz CT molecular complexity index is 809. The zero-order valence-corrected chi connectivity index (χ0v) is 12.6. The molecule has 0 atom stereocenters. The van der Waals surface area contributed by atoms with Crippen molar-refractivity contribution in [3.8, 4) is 0 Å². The number of halogens is 2. The molecule has 1 N–H and O–H groups in total. The molecule has 0 aromatic heterocycles. The Hall–Kier alpha value is -1.83. The number of benzene rings is 2. The summed E-state index contributed by atoms with van der Waals surface area (Å²) >= 11 is 11.5. The van der Waals surface area contributed by atoms with Crippen LogP contribution in [-0.2, 0) is 10.0 Å². The summed E-state index contributed by atoms with van der Waals surface area (Å²) in [7, 11) is -3.95. The lowest BCUT2D eigenvalue weighted by Gasteiger charge is -2.09. The van der Waals surface area contributed by atoms with Crippen LogP contribution in [0.3, 0.4) is 0 Å². The van der Waals surface area contributed by atoms with E-state index in [-0.39, 0.29) is 20.6 Å². The Morgan fingerprint density at radius 1 is 1.05 bits per heavy atom. The quantitative estimate of drug-likeness (QED) is 0.674. The molecule has 2 aromatic rings. The minimum Gasteiger partial charge on any atom is -0.279 e. The van der Waals surface area contributed by atoms with Gasteiger partial charge in [0.2, 0.25) is 0 Å². The molecule has 0 heterocycles. The molecule has 21 heavy (non-hydrogen) atoms. The van der Waals surface area contributed by atoms with Crippen molar-refractivity contribution in [3.05, 3.63) is 62.6 Å². The summed E-state index contributed by atoms with van der Waals surface area (Å²) in [6.45, 7) is 0. The van der Waals surface area contributed by atoms with Crippen LogP contribution in [0.2, 0.25) is 10.0 Å². The third kappa shape index (κ3) is 3.44. The molecule has 0 fully saturated rings. The molecule has 0 saturated carbocycles. The van der Waals surface area contributed by atoms with E-state index in [2.05, 4.69) is 4.72 Å². The topological polar surface area (TPSA) is 89.3 Å². The van der Waals surface area contributed by atoms with E-state index in [0.29, 0.717) is 0 Å². The monoisotopic (exact) mass is 346 g/mol. The Balaban J connectivity index is 2.40. The molecule has 0 aliphatic heterocycles. The lowest BCUT2D eigenvalue weighted by atomic mass is 10.3. The maximum absolute atomic E-state index is 12.2. The number of anilines is 1. The number of rotatable bonds is 4. The highest BCUT2D eigenvalue weighted by molar-refractivity contribution is 7.92. The third-order valence-corrected chi connectivity index (χ3v) is 4.72. The van der Waals surface area contributed by atoms with Gasteiger partial charge in [-0.25, -0.2) is 8.42 Å². The van der Waals surface area contributed by atoms with Crippen molar-refractivity contribution >= 4 is 44.6 Å². The normalized spacial score (nSPS) is 11.1. The number of nitrogens with zero attached hydrogens (tertiary/aromatic N) is 1. The van der Waals surface area contributed by atoms with Crippen LogP contribution in [0.1, 0.15) is 0 Å². The fraction of sp³-hybridized carbons (Fsp3) is 0. The number of hydrogen-bond acceptors (Lipinski definition) is 4. The van der Waals surface area contributed by atoms with Gasteiger partial charge in [-0.3, -0.25) is 14.8 Å². The highest BCUT2D eigenvalue weighted by atomic mass is 35.5. The van der Waals surface area contributed by atoms with Crippen molar-refractivity contribution in [2.45, 2.75) is 4.90 Å². The van der Waals surface area contributed by atoms with Crippen molar-refractivity contribution in [1.29, 1.82) is 0 Å². The molecule has 110 valence electrons. The van der Waals surface area contributed by atoms with Gasteiger partial charge in [0.1, 0.15) is 9.92 Å². The zero-order chi connectivity index (χ0) is 15.6. The van der Waals surface area contributed by atoms with E-state index in [9.17, 15) is 18.5 Å². The molecular formula is C12H8Cl2N2O4S. The summed E-state index contributed by atoms with van der Waals surface area (Å²) < 4.78 is 26.6. The molecule has 0 spiro atoms. The van der Waals surface area contributed by atoms with E-state index in [1.807, 2.05) is 0 Å². The molecule has 2 rings (SSSR count). The van der Waals surface area contributed by atoms with E-state index in [1.165, 1.54) is 30.3 Å². The summed E-state index contributed by atoms with van der Waals surface area (Å²) in [5, 5.41) is 10.8. The molecule has 0 unspecified atom stereocenters. The van der Waals surface area contributed by atoms with E-state index in [1.54, 1.807) is 6.07 Å². The first-order chi connectivity index (χ1) is 9.81. The average Bonchev–Trinajstić information content (AvgIpc) is 2.40. The van der Waals surface area contributed by atoms with Crippen LogP contribution in [0.25, 0.3) is 0 Å². The summed E-state index contributed by atoms with van der Waals surface area (Å²) in [6.07, 6.45) is 0. The van der Waals surface area contributed by atoms with Crippen LogP contribution >= 0.6 is 23.2 Å². The molecule has 6 nitrogen and oxygen atoms in total.